The summed E-state index contributed by atoms with van der Waals surface area (Å²) in [5.74, 6) is -0.995. The molecule has 2 fully saturated rings. The van der Waals surface area contributed by atoms with Gasteiger partial charge in [0, 0.05) is 0 Å². The average molecular weight is 479 g/mol. The molecule has 17 nitrogen and oxygen atoms in total. The second kappa shape index (κ2) is 8.73. The van der Waals surface area contributed by atoms with E-state index in [1.165, 1.54) is 9.44 Å². The first kappa shape index (κ1) is 24.4. The molecule has 2 saturated heterocycles. The molecule has 1 atom stereocenters. The standard InChI is InChI=1S/C14H21N7O10S/c1-14(2,3)31-12(27)16-21-5-4-19(13(21)28)9(23)17-32(29,30)18-10(24)20-6-7(8(20)22)15-11(25)26/h7,15H,4-6H2,1-3H3,(H,16,27)(H,17,23)(H,18,24)(H,25,26)/t7-/m0/s1. The summed E-state index contributed by atoms with van der Waals surface area (Å²) in [4.78, 5) is 71.0. The summed E-state index contributed by atoms with van der Waals surface area (Å²) in [6.07, 6.45) is -2.48. The van der Waals surface area contributed by atoms with E-state index in [0.717, 1.165) is 5.01 Å². The van der Waals surface area contributed by atoms with E-state index in [0.29, 0.717) is 9.80 Å². The van der Waals surface area contributed by atoms with Gasteiger partial charge in [-0.05, 0) is 20.8 Å². The van der Waals surface area contributed by atoms with Crippen LogP contribution in [0.25, 0.3) is 0 Å². The lowest BCUT2D eigenvalue weighted by atomic mass is 10.1. The van der Waals surface area contributed by atoms with Gasteiger partial charge in [-0.3, -0.25) is 9.69 Å². The molecule has 0 aromatic rings. The first-order valence-electron chi connectivity index (χ1n) is 8.87. The highest BCUT2D eigenvalue weighted by Gasteiger charge is 2.43. The number of carboxylic acid groups (broad SMARTS) is 1. The van der Waals surface area contributed by atoms with Gasteiger partial charge in [0.1, 0.15) is 11.6 Å². The Bertz CT molecular complexity index is 959. The quantitative estimate of drug-likeness (QED) is 0.287. The number of β-lactam (4-membered cyclic amide) rings is 1. The molecule has 0 spiro atoms. The van der Waals surface area contributed by atoms with Crippen molar-refractivity contribution < 1.29 is 47.0 Å². The minimum atomic E-state index is -4.84. The van der Waals surface area contributed by atoms with Gasteiger partial charge < -0.3 is 15.2 Å². The van der Waals surface area contributed by atoms with Gasteiger partial charge in [-0.1, -0.05) is 0 Å². The third-order valence-electron chi connectivity index (χ3n) is 3.79. The van der Waals surface area contributed by atoms with E-state index in [-0.39, 0.29) is 13.1 Å². The highest BCUT2D eigenvalue weighted by Crippen LogP contribution is 2.12. The lowest BCUT2D eigenvalue weighted by Crippen LogP contribution is -2.67. The van der Waals surface area contributed by atoms with Crippen molar-refractivity contribution in [1.82, 2.24) is 35.0 Å². The molecular weight excluding hydrogens is 458 g/mol. The summed E-state index contributed by atoms with van der Waals surface area (Å²) < 4.78 is 31.8. The van der Waals surface area contributed by atoms with Crippen LogP contribution >= 0.6 is 0 Å². The predicted molar refractivity (Wildman–Crippen MR) is 101 cm³/mol. The van der Waals surface area contributed by atoms with Gasteiger partial charge in [0.25, 0.3) is 5.91 Å². The Morgan fingerprint density at radius 1 is 1.03 bits per heavy atom. The molecule has 0 aliphatic carbocycles. The Hall–Kier alpha value is -3.83. The zero-order valence-corrected chi connectivity index (χ0v) is 17.9. The maximum Gasteiger partial charge on any atom is 0.426 e. The minimum absolute atomic E-state index is 0.169. The number of urea groups is 3. The highest BCUT2D eigenvalue weighted by molar-refractivity contribution is 7.88. The number of nitrogens with one attached hydrogen (secondary N) is 4. The van der Waals surface area contributed by atoms with E-state index in [2.05, 4.69) is 5.43 Å². The number of hydrogen-bond acceptors (Lipinski definition) is 9. The zero-order chi connectivity index (χ0) is 24.4. The number of amides is 9. The zero-order valence-electron chi connectivity index (χ0n) is 17.1. The third-order valence-corrected chi connectivity index (χ3v) is 4.68. The van der Waals surface area contributed by atoms with Gasteiger partial charge in [0.05, 0.1) is 19.6 Å². The van der Waals surface area contributed by atoms with Crippen LogP contribution in [0.2, 0.25) is 0 Å². The van der Waals surface area contributed by atoms with Gasteiger partial charge in [-0.25, -0.2) is 48.8 Å². The van der Waals surface area contributed by atoms with E-state index >= 15 is 0 Å². The van der Waals surface area contributed by atoms with Crippen LogP contribution in [0.1, 0.15) is 20.8 Å². The monoisotopic (exact) mass is 479 g/mol. The summed E-state index contributed by atoms with van der Waals surface area (Å²) >= 11 is 0. The molecule has 5 N–H and O–H groups in total. The number of hydrogen-bond donors (Lipinski definition) is 5. The van der Waals surface area contributed by atoms with Crippen molar-refractivity contribution in [3.05, 3.63) is 0 Å². The van der Waals surface area contributed by atoms with Gasteiger partial charge in [0.15, 0.2) is 0 Å². The SMILES string of the molecule is CC(C)(C)OC(=O)NN1CCN(C(=O)NS(=O)(=O)NC(=O)N2C[C@H](NC(=O)O)C2=O)C1=O. The maximum absolute atomic E-state index is 12.2. The van der Waals surface area contributed by atoms with Crippen molar-refractivity contribution in [1.29, 1.82) is 0 Å². The van der Waals surface area contributed by atoms with Crippen molar-refractivity contribution in [2.45, 2.75) is 32.4 Å². The van der Waals surface area contributed by atoms with Crippen LogP contribution in [0.15, 0.2) is 0 Å². The lowest BCUT2D eigenvalue weighted by Gasteiger charge is -2.35. The molecule has 2 aliphatic heterocycles. The van der Waals surface area contributed by atoms with E-state index in [9.17, 15) is 37.2 Å². The Labute approximate surface area is 181 Å². The number of carbonyl (C=O) groups is 6. The smallest absolute Gasteiger partial charge is 0.426 e. The van der Waals surface area contributed by atoms with E-state index in [4.69, 9.17) is 9.84 Å². The van der Waals surface area contributed by atoms with Gasteiger partial charge in [0.2, 0.25) is 0 Å². The largest absolute Gasteiger partial charge is 0.465 e. The van der Waals surface area contributed by atoms with Crippen molar-refractivity contribution >= 4 is 46.4 Å². The highest BCUT2D eigenvalue weighted by atomic mass is 32.2. The summed E-state index contributed by atoms with van der Waals surface area (Å²) in [6.45, 7) is 3.89. The predicted octanol–water partition coefficient (Wildman–Crippen LogP) is -1.69. The Balaban J connectivity index is 1.88. The molecule has 0 aromatic heterocycles. The van der Waals surface area contributed by atoms with Crippen LogP contribution in [0.4, 0.5) is 24.0 Å². The average Bonchev–Trinajstić information content (AvgIpc) is 2.95. The first-order chi connectivity index (χ1) is 14.6. The molecule has 0 unspecified atom stereocenters. The normalized spacial score (nSPS) is 18.6. The van der Waals surface area contributed by atoms with Gasteiger partial charge in [-0.2, -0.15) is 8.42 Å². The molecule has 9 amide bonds. The number of carbonyl (C=O) groups excluding carboxylic acids is 5. The molecule has 2 rings (SSSR count). The topological polar surface area (TPSA) is 224 Å². The van der Waals surface area contributed by atoms with Crippen LogP contribution < -0.4 is 20.2 Å². The molecule has 0 aromatic carbocycles. The second-order valence-electron chi connectivity index (χ2n) is 7.47. The molecule has 0 saturated carbocycles. The first-order valence-corrected chi connectivity index (χ1v) is 10.4. The number of nitrogens with zero attached hydrogens (tertiary/aromatic N) is 3. The molecule has 2 heterocycles. The Kier molecular flexibility index (Phi) is 6.67. The summed E-state index contributed by atoms with van der Waals surface area (Å²) in [7, 11) is -4.84. The van der Waals surface area contributed by atoms with Crippen molar-refractivity contribution in [3.8, 4) is 0 Å². The maximum atomic E-state index is 12.2. The van der Waals surface area contributed by atoms with Crippen LogP contribution in [0.3, 0.4) is 0 Å². The summed E-state index contributed by atoms with van der Waals surface area (Å²) in [6, 6.07) is -5.12. The summed E-state index contributed by atoms with van der Waals surface area (Å²) in [5, 5.41) is 11.1. The number of hydrazine groups is 1. The van der Waals surface area contributed by atoms with Crippen LogP contribution in [0.5, 0.6) is 0 Å². The molecule has 2 aliphatic rings. The van der Waals surface area contributed by atoms with Crippen LogP contribution in [-0.4, -0.2) is 95.8 Å². The van der Waals surface area contributed by atoms with Crippen molar-refractivity contribution in [3.63, 3.8) is 0 Å². The summed E-state index contributed by atoms with van der Waals surface area (Å²) in [5.41, 5.74) is 1.26. The van der Waals surface area contributed by atoms with E-state index < -0.39 is 64.6 Å². The Morgan fingerprint density at radius 3 is 2.09 bits per heavy atom. The van der Waals surface area contributed by atoms with Crippen LogP contribution in [-0.2, 0) is 19.7 Å². The van der Waals surface area contributed by atoms with Gasteiger partial charge in [-0.15, -0.1) is 0 Å². The molecule has 0 bridgehead atoms. The molecular formula is C14H21N7O10S. The van der Waals surface area contributed by atoms with E-state index in [1.54, 1.807) is 20.8 Å². The number of ether oxygens (including phenoxy) is 1. The Morgan fingerprint density at radius 2 is 1.59 bits per heavy atom. The number of imide groups is 2. The molecule has 32 heavy (non-hydrogen) atoms. The van der Waals surface area contributed by atoms with E-state index in [1.807, 2.05) is 5.32 Å². The lowest BCUT2D eigenvalue weighted by molar-refractivity contribution is -0.138. The number of rotatable bonds is 4. The van der Waals surface area contributed by atoms with Crippen molar-refractivity contribution in [2.24, 2.45) is 0 Å². The fourth-order valence-electron chi connectivity index (χ4n) is 2.47. The molecule has 178 valence electrons. The fourth-order valence-corrected chi connectivity index (χ4v) is 3.20. The molecule has 0 radical (unpaired) electrons. The minimum Gasteiger partial charge on any atom is -0.465 e. The van der Waals surface area contributed by atoms with Crippen molar-refractivity contribution in [2.75, 3.05) is 19.6 Å². The third kappa shape index (κ3) is 6.09. The second-order valence-corrected chi connectivity index (χ2v) is 8.88. The number of likely N-dealkylation sites (tertiary alicyclic amines) is 1. The fraction of sp³-hybridized carbons (Fsp3) is 0.571. The molecule has 18 heteroatoms. The van der Waals surface area contributed by atoms with Crippen LogP contribution in [0, 0.1) is 0 Å². The van der Waals surface area contributed by atoms with Gasteiger partial charge >= 0.3 is 40.5 Å².